The van der Waals surface area contributed by atoms with Crippen LogP contribution in [0.15, 0.2) is 23.4 Å². The van der Waals surface area contributed by atoms with E-state index in [-0.39, 0.29) is 17.0 Å². The molecule has 3 rings (SSSR count). The lowest BCUT2D eigenvalue weighted by Gasteiger charge is -2.37. The van der Waals surface area contributed by atoms with Gasteiger partial charge in [-0.3, -0.25) is 0 Å². The molecule has 1 saturated heterocycles. The Kier molecular flexibility index (Phi) is 3.69. The summed E-state index contributed by atoms with van der Waals surface area (Å²) in [6.07, 6.45) is 3.02. The highest BCUT2D eigenvalue weighted by molar-refractivity contribution is 7.89. The molecule has 6 nitrogen and oxygen atoms in total. The Morgan fingerprint density at radius 3 is 2.95 bits per heavy atom. The van der Waals surface area contributed by atoms with Gasteiger partial charge in [-0.05, 0) is 19.9 Å². The molecule has 1 fully saturated rings. The van der Waals surface area contributed by atoms with Gasteiger partial charge >= 0.3 is 0 Å². The summed E-state index contributed by atoms with van der Waals surface area (Å²) in [6, 6.07) is 1.58. The number of nitrogens with one attached hydrogen (secondary N) is 2. The molecule has 0 radical (unpaired) electrons. The summed E-state index contributed by atoms with van der Waals surface area (Å²) in [4.78, 5) is 7.19. The van der Waals surface area contributed by atoms with Gasteiger partial charge in [0.2, 0.25) is 10.0 Å². The standard InChI is InChI=1S/C13H17ClN4O2S/c1-8-9(2)18(6-5-15-8)21(19,20)11-7-17-13-12(11)10(14)3-4-16-13/h3-4,7-9,15H,5-6H2,1-2H3,(H,16,17). The van der Waals surface area contributed by atoms with E-state index in [0.717, 1.165) is 0 Å². The predicted octanol–water partition coefficient (Wildman–Crippen LogP) is 1.59. The molecular weight excluding hydrogens is 312 g/mol. The van der Waals surface area contributed by atoms with Crippen LogP contribution in [0.4, 0.5) is 0 Å². The van der Waals surface area contributed by atoms with E-state index in [9.17, 15) is 8.42 Å². The SMILES string of the molecule is CC1NCCN(S(=O)(=O)c2c[nH]c3nccc(Cl)c23)C1C. The van der Waals surface area contributed by atoms with Gasteiger partial charge < -0.3 is 10.3 Å². The highest BCUT2D eigenvalue weighted by Crippen LogP contribution is 2.31. The van der Waals surface area contributed by atoms with Gasteiger partial charge in [0.25, 0.3) is 0 Å². The molecule has 114 valence electrons. The first-order valence-corrected chi connectivity index (χ1v) is 8.61. The zero-order valence-corrected chi connectivity index (χ0v) is 13.4. The minimum Gasteiger partial charge on any atom is -0.345 e. The molecule has 2 aromatic heterocycles. The second-order valence-electron chi connectivity index (χ2n) is 5.27. The van der Waals surface area contributed by atoms with Crippen LogP contribution in [0, 0.1) is 0 Å². The van der Waals surface area contributed by atoms with Gasteiger partial charge in [-0.2, -0.15) is 4.31 Å². The first kappa shape index (κ1) is 14.8. The lowest BCUT2D eigenvalue weighted by Crippen LogP contribution is -2.56. The van der Waals surface area contributed by atoms with Crippen molar-refractivity contribution in [2.75, 3.05) is 13.1 Å². The fourth-order valence-electron chi connectivity index (χ4n) is 2.68. The molecule has 1 aliphatic rings. The van der Waals surface area contributed by atoms with Crippen molar-refractivity contribution in [1.82, 2.24) is 19.6 Å². The van der Waals surface area contributed by atoms with Gasteiger partial charge in [0.1, 0.15) is 10.5 Å². The topological polar surface area (TPSA) is 78.1 Å². The van der Waals surface area contributed by atoms with Crippen LogP contribution < -0.4 is 5.32 Å². The number of pyridine rings is 1. The average molecular weight is 329 g/mol. The van der Waals surface area contributed by atoms with Gasteiger partial charge in [-0.15, -0.1) is 0 Å². The van der Waals surface area contributed by atoms with E-state index < -0.39 is 10.0 Å². The molecule has 2 unspecified atom stereocenters. The summed E-state index contributed by atoms with van der Waals surface area (Å²) < 4.78 is 27.5. The van der Waals surface area contributed by atoms with Crippen LogP contribution in [0.3, 0.4) is 0 Å². The Morgan fingerprint density at radius 2 is 2.19 bits per heavy atom. The van der Waals surface area contributed by atoms with E-state index in [1.165, 1.54) is 10.5 Å². The van der Waals surface area contributed by atoms with Crippen molar-refractivity contribution in [2.24, 2.45) is 0 Å². The van der Waals surface area contributed by atoms with Crippen LogP contribution in [0.2, 0.25) is 5.02 Å². The second-order valence-corrected chi connectivity index (χ2v) is 7.53. The van der Waals surface area contributed by atoms with Crippen LogP contribution in [-0.4, -0.2) is 47.9 Å². The van der Waals surface area contributed by atoms with Crippen molar-refractivity contribution in [3.05, 3.63) is 23.5 Å². The van der Waals surface area contributed by atoms with Gasteiger partial charge in [-0.25, -0.2) is 13.4 Å². The van der Waals surface area contributed by atoms with E-state index in [0.29, 0.717) is 29.1 Å². The molecule has 0 aliphatic carbocycles. The summed E-state index contributed by atoms with van der Waals surface area (Å²) in [5.74, 6) is 0. The Hall–Kier alpha value is -1.15. The van der Waals surface area contributed by atoms with E-state index in [1.807, 2.05) is 13.8 Å². The van der Waals surface area contributed by atoms with Gasteiger partial charge in [0.05, 0.1) is 10.4 Å². The molecule has 0 saturated carbocycles. The number of aromatic amines is 1. The highest BCUT2D eigenvalue weighted by atomic mass is 35.5. The summed E-state index contributed by atoms with van der Waals surface area (Å²) in [5, 5.41) is 4.12. The maximum absolute atomic E-state index is 13.0. The first-order valence-electron chi connectivity index (χ1n) is 6.79. The smallest absolute Gasteiger partial charge is 0.245 e. The normalized spacial score (nSPS) is 24.5. The number of fused-ring (bicyclic) bond motifs is 1. The highest BCUT2D eigenvalue weighted by Gasteiger charge is 2.36. The van der Waals surface area contributed by atoms with Crippen molar-refractivity contribution >= 4 is 32.7 Å². The Labute approximate surface area is 128 Å². The first-order chi connectivity index (χ1) is 9.93. The number of hydrogen-bond donors (Lipinski definition) is 2. The minimum absolute atomic E-state index is 0.104. The number of sulfonamides is 1. The lowest BCUT2D eigenvalue weighted by molar-refractivity contribution is 0.233. The Morgan fingerprint density at radius 1 is 1.43 bits per heavy atom. The van der Waals surface area contributed by atoms with Crippen LogP contribution >= 0.6 is 11.6 Å². The molecule has 8 heteroatoms. The third-order valence-corrected chi connectivity index (χ3v) is 6.37. The summed E-state index contributed by atoms with van der Waals surface area (Å²) >= 11 is 6.16. The molecule has 1 aliphatic heterocycles. The average Bonchev–Trinajstić information content (AvgIpc) is 2.88. The third-order valence-electron chi connectivity index (χ3n) is 4.05. The zero-order valence-electron chi connectivity index (χ0n) is 11.8. The zero-order chi connectivity index (χ0) is 15.2. The van der Waals surface area contributed by atoms with E-state index >= 15 is 0 Å². The Balaban J connectivity index is 2.12. The van der Waals surface area contributed by atoms with Crippen LogP contribution in [0.1, 0.15) is 13.8 Å². The van der Waals surface area contributed by atoms with Crippen LogP contribution in [0.5, 0.6) is 0 Å². The predicted molar refractivity (Wildman–Crippen MR) is 81.9 cm³/mol. The number of halogens is 1. The summed E-state index contributed by atoms with van der Waals surface area (Å²) in [7, 11) is -3.61. The molecule has 2 N–H and O–H groups in total. The van der Waals surface area contributed by atoms with Gasteiger partial charge in [-0.1, -0.05) is 11.6 Å². The maximum Gasteiger partial charge on any atom is 0.245 e. The van der Waals surface area contributed by atoms with Crippen molar-refractivity contribution in [1.29, 1.82) is 0 Å². The molecule has 0 bridgehead atoms. The largest absolute Gasteiger partial charge is 0.345 e. The maximum atomic E-state index is 13.0. The van der Waals surface area contributed by atoms with E-state index in [2.05, 4.69) is 15.3 Å². The monoisotopic (exact) mass is 328 g/mol. The van der Waals surface area contributed by atoms with Crippen molar-refractivity contribution in [2.45, 2.75) is 30.8 Å². The summed E-state index contributed by atoms with van der Waals surface area (Å²) in [5.41, 5.74) is 0.483. The van der Waals surface area contributed by atoms with Gasteiger partial charge in [0, 0.05) is 37.6 Å². The molecule has 0 aromatic carbocycles. The molecule has 21 heavy (non-hydrogen) atoms. The number of hydrogen-bond acceptors (Lipinski definition) is 4. The fraction of sp³-hybridized carbons (Fsp3) is 0.462. The number of aromatic nitrogens is 2. The van der Waals surface area contributed by atoms with Crippen molar-refractivity contribution < 1.29 is 8.42 Å². The molecule has 3 heterocycles. The summed E-state index contributed by atoms with van der Waals surface area (Å²) in [6.45, 7) is 4.97. The molecular formula is C13H17ClN4O2S. The van der Waals surface area contributed by atoms with Gasteiger partial charge in [0.15, 0.2) is 0 Å². The van der Waals surface area contributed by atoms with Crippen LogP contribution in [-0.2, 0) is 10.0 Å². The third kappa shape index (κ3) is 2.34. The van der Waals surface area contributed by atoms with E-state index in [4.69, 9.17) is 11.6 Å². The fourth-order valence-corrected chi connectivity index (χ4v) is 4.86. The Bertz CT molecular complexity index is 774. The number of H-pyrrole nitrogens is 1. The molecule has 2 atom stereocenters. The van der Waals surface area contributed by atoms with E-state index in [1.54, 1.807) is 12.3 Å². The van der Waals surface area contributed by atoms with Crippen molar-refractivity contribution in [3.63, 3.8) is 0 Å². The van der Waals surface area contributed by atoms with Crippen LogP contribution in [0.25, 0.3) is 11.0 Å². The lowest BCUT2D eigenvalue weighted by atomic mass is 10.1. The quantitative estimate of drug-likeness (QED) is 0.877. The molecule has 0 spiro atoms. The minimum atomic E-state index is -3.61. The number of nitrogens with zero attached hydrogens (tertiary/aromatic N) is 2. The molecule has 2 aromatic rings. The van der Waals surface area contributed by atoms with Crippen molar-refractivity contribution in [3.8, 4) is 0 Å². The second kappa shape index (κ2) is 5.24. The molecule has 0 amide bonds. The number of piperazine rings is 1. The number of rotatable bonds is 2.